The van der Waals surface area contributed by atoms with Crippen LogP contribution in [0.3, 0.4) is 0 Å². The number of hydrogen-bond donors (Lipinski definition) is 1. The lowest BCUT2D eigenvalue weighted by molar-refractivity contribution is 0.340. The molecule has 0 saturated carbocycles. The number of aliphatic hydroxyl groups is 1. The zero-order valence-electron chi connectivity index (χ0n) is 7.90. The van der Waals surface area contributed by atoms with Crippen molar-refractivity contribution in [3.05, 3.63) is 36.1 Å². The zero-order valence-corrected chi connectivity index (χ0v) is 7.90. The first-order valence-corrected chi connectivity index (χ1v) is 4.29. The van der Waals surface area contributed by atoms with Crippen molar-refractivity contribution in [2.45, 2.75) is 6.92 Å². The first-order chi connectivity index (χ1) is 6.81. The third-order valence-corrected chi connectivity index (χ3v) is 1.73. The van der Waals surface area contributed by atoms with Crippen LogP contribution in [0, 0.1) is 11.3 Å². The lowest BCUT2D eigenvalue weighted by atomic mass is 10.1. The molecule has 72 valence electrons. The van der Waals surface area contributed by atoms with Gasteiger partial charge in [0.2, 0.25) is 0 Å². The van der Waals surface area contributed by atoms with Gasteiger partial charge in [0.05, 0.1) is 18.4 Å². The van der Waals surface area contributed by atoms with Crippen molar-refractivity contribution < 1.29 is 9.84 Å². The summed E-state index contributed by atoms with van der Waals surface area (Å²) in [6.07, 6.45) is 0.801. The molecule has 0 aliphatic rings. The molecule has 0 aliphatic carbocycles. The van der Waals surface area contributed by atoms with Gasteiger partial charge in [-0.15, -0.1) is 0 Å². The standard InChI is InChI=1S/C11H11NO2/c1-2-14-11-5-3-9(4-6-11)10(7-12)8-13/h3-6,8,13H,2H2,1H3/b10-8-. The van der Waals surface area contributed by atoms with E-state index in [2.05, 4.69) is 0 Å². The molecule has 0 unspecified atom stereocenters. The van der Waals surface area contributed by atoms with Crippen LogP contribution in [0.5, 0.6) is 5.75 Å². The van der Waals surface area contributed by atoms with Crippen LogP contribution < -0.4 is 4.74 Å². The lowest BCUT2D eigenvalue weighted by Gasteiger charge is -2.03. The van der Waals surface area contributed by atoms with E-state index in [1.54, 1.807) is 24.3 Å². The van der Waals surface area contributed by atoms with E-state index < -0.39 is 0 Å². The summed E-state index contributed by atoms with van der Waals surface area (Å²) < 4.78 is 5.24. The number of rotatable bonds is 3. The molecule has 0 saturated heterocycles. The summed E-state index contributed by atoms with van der Waals surface area (Å²) in [5.74, 6) is 0.756. The van der Waals surface area contributed by atoms with Crippen LogP contribution in [0.4, 0.5) is 0 Å². The monoisotopic (exact) mass is 189 g/mol. The zero-order chi connectivity index (χ0) is 10.4. The molecule has 0 bridgehead atoms. The summed E-state index contributed by atoms with van der Waals surface area (Å²) in [5, 5.41) is 17.4. The Morgan fingerprint density at radius 1 is 1.50 bits per heavy atom. The summed E-state index contributed by atoms with van der Waals surface area (Å²) in [6, 6.07) is 8.88. The molecule has 3 heteroatoms. The van der Waals surface area contributed by atoms with Gasteiger partial charge in [-0.2, -0.15) is 5.26 Å². The van der Waals surface area contributed by atoms with Crippen molar-refractivity contribution in [3.8, 4) is 11.8 Å². The van der Waals surface area contributed by atoms with Crippen molar-refractivity contribution in [1.29, 1.82) is 5.26 Å². The van der Waals surface area contributed by atoms with Crippen LogP contribution in [-0.4, -0.2) is 11.7 Å². The van der Waals surface area contributed by atoms with E-state index in [4.69, 9.17) is 15.1 Å². The quantitative estimate of drug-likeness (QED) is 0.587. The Hall–Kier alpha value is -1.95. The van der Waals surface area contributed by atoms with Crippen LogP contribution in [0.2, 0.25) is 0 Å². The van der Waals surface area contributed by atoms with Crippen molar-refractivity contribution in [2.75, 3.05) is 6.61 Å². The smallest absolute Gasteiger partial charge is 0.119 e. The second kappa shape index (κ2) is 4.93. The third kappa shape index (κ3) is 2.27. The van der Waals surface area contributed by atoms with E-state index in [1.165, 1.54) is 0 Å². The molecular weight excluding hydrogens is 178 g/mol. The van der Waals surface area contributed by atoms with Crippen molar-refractivity contribution in [1.82, 2.24) is 0 Å². The minimum absolute atomic E-state index is 0.244. The highest BCUT2D eigenvalue weighted by Gasteiger charge is 2.00. The SMILES string of the molecule is CCOc1ccc(/C(C#N)=C\O)cc1. The van der Waals surface area contributed by atoms with Crippen LogP contribution in [0.25, 0.3) is 5.57 Å². The van der Waals surface area contributed by atoms with Gasteiger partial charge in [0, 0.05) is 0 Å². The number of allylic oxidation sites excluding steroid dienone is 1. The van der Waals surface area contributed by atoms with Gasteiger partial charge >= 0.3 is 0 Å². The van der Waals surface area contributed by atoms with E-state index in [1.807, 2.05) is 13.0 Å². The maximum absolute atomic E-state index is 8.74. The average molecular weight is 189 g/mol. The Morgan fingerprint density at radius 3 is 2.57 bits per heavy atom. The van der Waals surface area contributed by atoms with Gasteiger partial charge in [0.1, 0.15) is 11.8 Å². The van der Waals surface area contributed by atoms with Crippen molar-refractivity contribution in [2.24, 2.45) is 0 Å². The molecule has 3 nitrogen and oxygen atoms in total. The fourth-order valence-electron chi connectivity index (χ4n) is 1.07. The molecule has 0 spiro atoms. The molecule has 14 heavy (non-hydrogen) atoms. The van der Waals surface area contributed by atoms with Gasteiger partial charge in [0.15, 0.2) is 0 Å². The molecule has 1 rings (SSSR count). The summed E-state index contributed by atoms with van der Waals surface area (Å²) in [4.78, 5) is 0. The Bertz CT molecular complexity index is 360. The van der Waals surface area contributed by atoms with Crippen LogP contribution in [-0.2, 0) is 0 Å². The predicted octanol–water partition coefficient (Wildman–Crippen LogP) is 2.51. The van der Waals surface area contributed by atoms with Crippen LogP contribution in [0.1, 0.15) is 12.5 Å². The largest absolute Gasteiger partial charge is 0.514 e. The van der Waals surface area contributed by atoms with Gasteiger partial charge in [-0.25, -0.2) is 0 Å². The van der Waals surface area contributed by atoms with E-state index in [0.717, 1.165) is 12.0 Å². The van der Waals surface area contributed by atoms with Gasteiger partial charge in [-0.05, 0) is 36.8 Å². The first-order valence-electron chi connectivity index (χ1n) is 4.29. The number of nitrogens with zero attached hydrogens (tertiary/aromatic N) is 1. The number of hydrogen-bond acceptors (Lipinski definition) is 3. The average Bonchev–Trinajstić information content (AvgIpc) is 2.23. The van der Waals surface area contributed by atoms with Gasteiger partial charge in [-0.3, -0.25) is 0 Å². The fourth-order valence-corrected chi connectivity index (χ4v) is 1.07. The second-order valence-electron chi connectivity index (χ2n) is 2.61. The molecule has 0 aliphatic heterocycles. The maximum atomic E-state index is 8.74. The van der Waals surface area contributed by atoms with Crippen molar-refractivity contribution >= 4 is 5.57 Å². The summed E-state index contributed by atoms with van der Waals surface area (Å²) in [5.41, 5.74) is 0.923. The normalized spacial score (nSPS) is 10.7. The Labute approximate surface area is 82.9 Å². The molecule has 0 radical (unpaired) electrons. The molecule has 0 aromatic heterocycles. The molecule has 0 fully saturated rings. The van der Waals surface area contributed by atoms with E-state index in [-0.39, 0.29) is 5.57 Å². The van der Waals surface area contributed by atoms with E-state index in [0.29, 0.717) is 12.2 Å². The summed E-state index contributed by atoms with van der Waals surface area (Å²) in [6.45, 7) is 2.52. The highest BCUT2D eigenvalue weighted by Crippen LogP contribution is 2.17. The molecule has 0 heterocycles. The van der Waals surface area contributed by atoms with Gasteiger partial charge in [-0.1, -0.05) is 0 Å². The number of nitriles is 1. The first kappa shape index (κ1) is 10.1. The topological polar surface area (TPSA) is 53.2 Å². The van der Waals surface area contributed by atoms with E-state index in [9.17, 15) is 0 Å². The third-order valence-electron chi connectivity index (χ3n) is 1.73. The molecule has 1 aromatic carbocycles. The number of aliphatic hydroxyl groups excluding tert-OH is 1. The molecule has 1 aromatic rings. The Balaban J connectivity index is 2.89. The number of ether oxygens (including phenoxy) is 1. The van der Waals surface area contributed by atoms with Gasteiger partial charge < -0.3 is 9.84 Å². The fraction of sp³-hybridized carbons (Fsp3) is 0.182. The summed E-state index contributed by atoms with van der Waals surface area (Å²) in [7, 11) is 0. The highest BCUT2D eigenvalue weighted by molar-refractivity contribution is 5.75. The van der Waals surface area contributed by atoms with Crippen molar-refractivity contribution in [3.63, 3.8) is 0 Å². The van der Waals surface area contributed by atoms with Gasteiger partial charge in [0.25, 0.3) is 0 Å². The lowest BCUT2D eigenvalue weighted by Crippen LogP contribution is -1.91. The minimum atomic E-state index is 0.244. The second-order valence-corrected chi connectivity index (χ2v) is 2.61. The maximum Gasteiger partial charge on any atom is 0.119 e. The molecular formula is C11H11NO2. The molecule has 0 amide bonds. The van der Waals surface area contributed by atoms with Crippen LogP contribution >= 0.6 is 0 Å². The van der Waals surface area contributed by atoms with Crippen LogP contribution in [0.15, 0.2) is 30.5 Å². The Morgan fingerprint density at radius 2 is 2.14 bits per heavy atom. The van der Waals surface area contributed by atoms with E-state index >= 15 is 0 Å². The molecule has 1 N–H and O–H groups in total. The highest BCUT2D eigenvalue weighted by atomic mass is 16.5. The number of benzene rings is 1. The predicted molar refractivity (Wildman–Crippen MR) is 53.8 cm³/mol. The summed E-state index contributed by atoms with van der Waals surface area (Å²) >= 11 is 0. The minimum Gasteiger partial charge on any atom is -0.514 e. The molecule has 0 atom stereocenters. The Kier molecular flexibility index (Phi) is 3.57.